The Morgan fingerprint density at radius 1 is 1.38 bits per heavy atom. The fraction of sp³-hybridized carbons (Fsp3) is 0.500. The van der Waals surface area contributed by atoms with Crippen molar-refractivity contribution >= 4 is 10.0 Å². The van der Waals surface area contributed by atoms with Gasteiger partial charge in [-0.25, -0.2) is 8.42 Å². The zero-order valence-electron chi connectivity index (χ0n) is 13.8. The molecule has 3 rings (SSSR count). The Kier molecular flexibility index (Phi) is 4.98. The third-order valence-electron chi connectivity index (χ3n) is 3.98. The number of hydrogen-bond donors (Lipinski definition) is 0. The highest BCUT2D eigenvalue weighted by Gasteiger charge is 2.30. The van der Waals surface area contributed by atoms with E-state index in [9.17, 15) is 8.42 Å². The summed E-state index contributed by atoms with van der Waals surface area (Å²) in [7, 11) is -3.49. The van der Waals surface area contributed by atoms with Crippen LogP contribution in [-0.4, -0.2) is 42.1 Å². The first-order valence-corrected chi connectivity index (χ1v) is 9.37. The molecule has 1 fully saturated rings. The smallest absolute Gasteiger partial charge is 0.252 e. The van der Waals surface area contributed by atoms with Crippen LogP contribution in [0.25, 0.3) is 0 Å². The maximum atomic E-state index is 12.8. The van der Waals surface area contributed by atoms with Gasteiger partial charge in [-0.15, -0.1) is 0 Å². The first kappa shape index (κ1) is 17.1. The van der Waals surface area contributed by atoms with Crippen LogP contribution < -0.4 is 0 Å². The number of rotatable bonds is 5. The minimum atomic E-state index is -3.49. The summed E-state index contributed by atoms with van der Waals surface area (Å²) < 4.78 is 37.9. The molecular formula is C16H21N3O4S. The first-order chi connectivity index (χ1) is 11.4. The fourth-order valence-electron chi connectivity index (χ4n) is 2.77. The van der Waals surface area contributed by atoms with E-state index in [1.165, 1.54) is 4.31 Å². The molecule has 2 heterocycles. The molecule has 0 saturated carbocycles. The molecule has 0 bridgehead atoms. The molecular weight excluding hydrogens is 330 g/mol. The van der Waals surface area contributed by atoms with E-state index in [0.717, 1.165) is 18.4 Å². The van der Waals surface area contributed by atoms with Crippen LogP contribution in [0.5, 0.6) is 0 Å². The zero-order valence-corrected chi connectivity index (χ0v) is 14.6. The molecule has 7 nitrogen and oxygen atoms in total. The van der Waals surface area contributed by atoms with Gasteiger partial charge in [0.2, 0.25) is 10.0 Å². The van der Waals surface area contributed by atoms with Crippen molar-refractivity contribution in [1.29, 1.82) is 0 Å². The highest BCUT2D eigenvalue weighted by atomic mass is 32.2. The minimum absolute atomic E-state index is 0.175. The van der Waals surface area contributed by atoms with Crippen LogP contribution in [-0.2, 0) is 21.4 Å². The molecule has 0 unspecified atom stereocenters. The summed E-state index contributed by atoms with van der Waals surface area (Å²) in [6.07, 6.45) is 1.40. The molecule has 24 heavy (non-hydrogen) atoms. The summed E-state index contributed by atoms with van der Waals surface area (Å²) in [5.41, 5.74) is 0.924. The highest BCUT2D eigenvalue weighted by molar-refractivity contribution is 7.89. The second-order valence-corrected chi connectivity index (χ2v) is 7.93. The van der Waals surface area contributed by atoms with Crippen LogP contribution in [0.4, 0.5) is 0 Å². The van der Waals surface area contributed by atoms with E-state index in [1.54, 1.807) is 25.1 Å². The van der Waals surface area contributed by atoms with Crippen molar-refractivity contribution in [2.45, 2.75) is 44.3 Å². The second-order valence-electron chi connectivity index (χ2n) is 5.99. The van der Waals surface area contributed by atoms with Crippen molar-refractivity contribution in [3.63, 3.8) is 0 Å². The van der Waals surface area contributed by atoms with Gasteiger partial charge in [-0.1, -0.05) is 17.3 Å². The average Bonchev–Trinajstić information content (AvgIpc) is 2.99. The van der Waals surface area contributed by atoms with Gasteiger partial charge in [0, 0.05) is 13.1 Å². The largest absolute Gasteiger partial charge is 0.367 e. The molecule has 0 N–H and O–H groups in total. The van der Waals surface area contributed by atoms with E-state index in [4.69, 9.17) is 9.26 Å². The van der Waals surface area contributed by atoms with Crippen LogP contribution >= 0.6 is 0 Å². The maximum Gasteiger partial charge on any atom is 0.252 e. The summed E-state index contributed by atoms with van der Waals surface area (Å²) in [6.45, 7) is 4.67. The Labute approximate surface area is 141 Å². The van der Waals surface area contributed by atoms with E-state index < -0.39 is 10.0 Å². The van der Waals surface area contributed by atoms with Crippen LogP contribution in [0.15, 0.2) is 33.7 Å². The first-order valence-electron chi connectivity index (χ1n) is 7.93. The lowest BCUT2D eigenvalue weighted by Gasteiger charge is -2.31. The number of piperidine rings is 1. The van der Waals surface area contributed by atoms with Gasteiger partial charge in [-0.05, 0) is 44.4 Å². The van der Waals surface area contributed by atoms with E-state index in [-0.39, 0.29) is 12.7 Å². The lowest BCUT2D eigenvalue weighted by Crippen LogP contribution is -2.43. The molecule has 8 heteroatoms. The maximum absolute atomic E-state index is 12.8. The van der Waals surface area contributed by atoms with Gasteiger partial charge in [-0.3, -0.25) is 0 Å². The van der Waals surface area contributed by atoms with Crippen LogP contribution in [0.3, 0.4) is 0 Å². The summed E-state index contributed by atoms with van der Waals surface area (Å²) in [5, 5.41) is 3.71. The van der Waals surface area contributed by atoms with Crippen LogP contribution in [0, 0.1) is 13.8 Å². The predicted molar refractivity (Wildman–Crippen MR) is 86.8 cm³/mol. The van der Waals surface area contributed by atoms with Gasteiger partial charge < -0.3 is 9.26 Å². The van der Waals surface area contributed by atoms with Crippen molar-refractivity contribution in [1.82, 2.24) is 14.4 Å². The van der Waals surface area contributed by atoms with Crippen molar-refractivity contribution in [3.8, 4) is 0 Å². The topological polar surface area (TPSA) is 85.5 Å². The Morgan fingerprint density at radius 2 is 2.21 bits per heavy atom. The number of nitrogens with zero attached hydrogens (tertiary/aromatic N) is 3. The monoisotopic (exact) mass is 351 g/mol. The molecule has 2 aromatic rings. The second kappa shape index (κ2) is 7.00. The van der Waals surface area contributed by atoms with Crippen molar-refractivity contribution in [3.05, 3.63) is 41.5 Å². The quantitative estimate of drug-likeness (QED) is 0.820. The van der Waals surface area contributed by atoms with E-state index in [0.29, 0.717) is 29.7 Å². The third kappa shape index (κ3) is 3.82. The normalized spacial score (nSPS) is 19.5. The number of benzene rings is 1. The molecule has 0 radical (unpaired) electrons. The highest BCUT2D eigenvalue weighted by Crippen LogP contribution is 2.23. The average molecular weight is 351 g/mol. The number of sulfonamides is 1. The Hall–Kier alpha value is -1.77. The van der Waals surface area contributed by atoms with Gasteiger partial charge in [-0.2, -0.15) is 9.29 Å². The SMILES string of the molecule is Cc1cccc(S(=O)(=O)N2CCC[C@H](OCc3nc(C)no3)C2)c1. The number of ether oxygens (including phenoxy) is 1. The van der Waals surface area contributed by atoms with Gasteiger partial charge in [0.25, 0.3) is 5.89 Å². The third-order valence-corrected chi connectivity index (χ3v) is 5.84. The van der Waals surface area contributed by atoms with Crippen molar-refractivity contribution in [2.75, 3.05) is 13.1 Å². The molecule has 1 aliphatic heterocycles. The Balaban J connectivity index is 1.66. The molecule has 0 aliphatic carbocycles. The minimum Gasteiger partial charge on any atom is -0.367 e. The number of hydrogen-bond acceptors (Lipinski definition) is 6. The van der Waals surface area contributed by atoms with Gasteiger partial charge in [0.15, 0.2) is 5.82 Å². The Bertz CT molecular complexity index is 803. The van der Waals surface area contributed by atoms with E-state index >= 15 is 0 Å². The summed E-state index contributed by atoms with van der Waals surface area (Å²) in [5.74, 6) is 0.965. The summed E-state index contributed by atoms with van der Waals surface area (Å²) in [4.78, 5) is 4.41. The number of aryl methyl sites for hydroxylation is 2. The summed E-state index contributed by atoms with van der Waals surface area (Å²) in [6, 6.07) is 6.97. The van der Waals surface area contributed by atoms with Crippen molar-refractivity contribution < 1.29 is 17.7 Å². The van der Waals surface area contributed by atoms with Gasteiger partial charge in [0.1, 0.15) is 6.61 Å². The molecule has 130 valence electrons. The molecule has 1 aliphatic rings. The fourth-order valence-corrected chi connectivity index (χ4v) is 4.39. The molecule has 0 amide bonds. The van der Waals surface area contributed by atoms with E-state index in [1.807, 2.05) is 13.0 Å². The Morgan fingerprint density at radius 3 is 2.92 bits per heavy atom. The van der Waals surface area contributed by atoms with E-state index in [2.05, 4.69) is 10.1 Å². The van der Waals surface area contributed by atoms with Crippen LogP contribution in [0.2, 0.25) is 0 Å². The van der Waals surface area contributed by atoms with Gasteiger partial charge in [0.05, 0.1) is 11.0 Å². The van der Waals surface area contributed by atoms with Crippen LogP contribution in [0.1, 0.15) is 30.1 Å². The summed E-state index contributed by atoms with van der Waals surface area (Å²) >= 11 is 0. The standard InChI is InChI=1S/C16H21N3O4S/c1-12-5-3-7-15(9-12)24(20,21)19-8-4-6-14(10-19)22-11-16-17-13(2)18-23-16/h3,5,7,9,14H,4,6,8,10-11H2,1-2H3/t14-/m0/s1. The number of aromatic nitrogens is 2. The molecule has 1 atom stereocenters. The molecule has 1 aromatic heterocycles. The van der Waals surface area contributed by atoms with Gasteiger partial charge >= 0.3 is 0 Å². The molecule has 1 saturated heterocycles. The van der Waals surface area contributed by atoms with Crippen molar-refractivity contribution in [2.24, 2.45) is 0 Å². The predicted octanol–water partition coefficient (Wildman–Crippen LogP) is 2.06. The zero-order chi connectivity index (χ0) is 17.2. The lowest BCUT2D eigenvalue weighted by atomic mass is 10.1. The molecule has 0 spiro atoms. The molecule has 1 aromatic carbocycles. The lowest BCUT2D eigenvalue weighted by molar-refractivity contribution is -0.00296.